The molecule has 3 rings (SSSR count). The highest BCUT2D eigenvalue weighted by Gasteiger charge is 2.36. The van der Waals surface area contributed by atoms with Gasteiger partial charge in [-0.15, -0.1) is 10.2 Å². The minimum absolute atomic E-state index is 0.00570. The number of aryl methyl sites for hydroxylation is 1. The fourth-order valence-electron chi connectivity index (χ4n) is 3.01. The summed E-state index contributed by atoms with van der Waals surface area (Å²) in [6, 6.07) is 0.470. The van der Waals surface area contributed by atoms with Gasteiger partial charge in [0.25, 0.3) is 0 Å². The number of imide groups is 1. The predicted octanol–water partition coefficient (Wildman–Crippen LogP) is 1.72. The second kappa shape index (κ2) is 5.47. The molecule has 108 valence electrons. The zero-order valence-electron chi connectivity index (χ0n) is 11.5. The van der Waals surface area contributed by atoms with Gasteiger partial charge in [0.2, 0.25) is 16.9 Å². The molecule has 0 spiro atoms. The van der Waals surface area contributed by atoms with Crippen molar-refractivity contribution in [2.24, 2.45) is 0 Å². The van der Waals surface area contributed by atoms with Gasteiger partial charge in [-0.1, -0.05) is 11.3 Å². The molecule has 2 fully saturated rings. The molecule has 0 atom stereocenters. The molecule has 0 bridgehead atoms. The lowest BCUT2D eigenvalue weighted by atomic mass is 9.90. The number of rotatable bonds is 3. The lowest BCUT2D eigenvalue weighted by Crippen LogP contribution is -2.43. The first kappa shape index (κ1) is 13.5. The van der Waals surface area contributed by atoms with Gasteiger partial charge in [0.15, 0.2) is 0 Å². The van der Waals surface area contributed by atoms with Crippen molar-refractivity contribution >= 4 is 28.3 Å². The SMILES string of the molecule is Cc1nnc(NC2CCC(N3C(=O)CCC3=O)CC2)s1. The van der Waals surface area contributed by atoms with Crippen LogP contribution in [0.2, 0.25) is 0 Å². The summed E-state index contributed by atoms with van der Waals surface area (Å²) in [5, 5.41) is 13.3. The van der Waals surface area contributed by atoms with E-state index in [-0.39, 0.29) is 17.9 Å². The lowest BCUT2D eigenvalue weighted by molar-refractivity contribution is -0.141. The zero-order chi connectivity index (χ0) is 14.1. The third-order valence-electron chi connectivity index (χ3n) is 4.01. The van der Waals surface area contributed by atoms with E-state index < -0.39 is 0 Å². The number of nitrogens with zero attached hydrogens (tertiary/aromatic N) is 3. The number of carbonyl (C=O) groups excluding carboxylic acids is 2. The molecule has 1 N–H and O–H groups in total. The molecular formula is C13H18N4O2S. The molecule has 2 amide bonds. The van der Waals surface area contributed by atoms with Crippen LogP contribution in [0.3, 0.4) is 0 Å². The maximum Gasteiger partial charge on any atom is 0.229 e. The summed E-state index contributed by atoms with van der Waals surface area (Å²) in [4.78, 5) is 25.0. The van der Waals surface area contributed by atoms with Gasteiger partial charge in [0, 0.05) is 24.9 Å². The van der Waals surface area contributed by atoms with Crippen LogP contribution in [-0.2, 0) is 9.59 Å². The highest BCUT2D eigenvalue weighted by atomic mass is 32.1. The van der Waals surface area contributed by atoms with Crippen LogP contribution in [0.1, 0.15) is 43.5 Å². The fourth-order valence-corrected chi connectivity index (χ4v) is 3.68. The van der Waals surface area contributed by atoms with Crippen LogP contribution in [0.25, 0.3) is 0 Å². The second-order valence-electron chi connectivity index (χ2n) is 5.43. The molecule has 1 aliphatic heterocycles. The Morgan fingerprint density at radius 1 is 1.10 bits per heavy atom. The van der Waals surface area contributed by atoms with Gasteiger partial charge in [-0.3, -0.25) is 14.5 Å². The van der Waals surface area contributed by atoms with E-state index in [0.717, 1.165) is 35.8 Å². The average molecular weight is 294 g/mol. The summed E-state index contributed by atoms with van der Waals surface area (Å²) < 4.78 is 0. The summed E-state index contributed by atoms with van der Waals surface area (Å²) in [7, 11) is 0. The summed E-state index contributed by atoms with van der Waals surface area (Å²) >= 11 is 1.56. The van der Waals surface area contributed by atoms with Crippen LogP contribution in [0.5, 0.6) is 0 Å². The Balaban J connectivity index is 1.54. The number of nitrogens with one attached hydrogen (secondary N) is 1. The van der Waals surface area contributed by atoms with Crippen molar-refractivity contribution in [3.8, 4) is 0 Å². The Morgan fingerprint density at radius 2 is 1.75 bits per heavy atom. The maximum atomic E-state index is 11.7. The first-order chi connectivity index (χ1) is 9.63. The van der Waals surface area contributed by atoms with Crippen molar-refractivity contribution in [2.75, 3.05) is 5.32 Å². The quantitative estimate of drug-likeness (QED) is 0.859. The number of hydrogen-bond acceptors (Lipinski definition) is 6. The zero-order valence-corrected chi connectivity index (χ0v) is 12.3. The van der Waals surface area contributed by atoms with Crippen molar-refractivity contribution in [1.82, 2.24) is 15.1 Å². The molecule has 0 aromatic carbocycles. The first-order valence-corrected chi connectivity index (χ1v) is 7.86. The highest BCUT2D eigenvalue weighted by Crippen LogP contribution is 2.29. The van der Waals surface area contributed by atoms with E-state index in [1.807, 2.05) is 6.92 Å². The summed E-state index contributed by atoms with van der Waals surface area (Å²) in [6.07, 6.45) is 4.46. The third-order valence-corrected chi connectivity index (χ3v) is 4.78. The van der Waals surface area contributed by atoms with Crippen molar-refractivity contribution < 1.29 is 9.59 Å². The molecule has 0 radical (unpaired) electrons. The van der Waals surface area contributed by atoms with Crippen molar-refractivity contribution in [2.45, 2.75) is 57.5 Å². The molecule has 6 nitrogen and oxygen atoms in total. The standard InChI is InChI=1S/C13H18N4O2S/c1-8-15-16-13(20-8)14-9-2-4-10(5-3-9)17-11(18)6-7-12(17)19/h9-10H,2-7H2,1H3,(H,14,16). The summed E-state index contributed by atoms with van der Waals surface area (Å²) in [6.45, 7) is 1.93. The molecule has 1 aromatic rings. The normalized spacial score (nSPS) is 27.1. The first-order valence-electron chi connectivity index (χ1n) is 7.05. The van der Waals surface area contributed by atoms with E-state index in [1.165, 1.54) is 4.90 Å². The molecular weight excluding hydrogens is 276 g/mol. The van der Waals surface area contributed by atoms with Crippen LogP contribution >= 0.6 is 11.3 Å². The maximum absolute atomic E-state index is 11.7. The van der Waals surface area contributed by atoms with E-state index >= 15 is 0 Å². The Labute approximate surface area is 121 Å². The summed E-state index contributed by atoms with van der Waals surface area (Å²) in [5.41, 5.74) is 0. The average Bonchev–Trinajstić information content (AvgIpc) is 2.98. The van der Waals surface area contributed by atoms with E-state index in [2.05, 4.69) is 15.5 Å². The van der Waals surface area contributed by atoms with Gasteiger partial charge in [-0.2, -0.15) is 0 Å². The molecule has 1 saturated heterocycles. The van der Waals surface area contributed by atoms with Crippen LogP contribution < -0.4 is 5.32 Å². The largest absolute Gasteiger partial charge is 0.357 e. The Morgan fingerprint density at radius 3 is 2.30 bits per heavy atom. The van der Waals surface area contributed by atoms with Gasteiger partial charge < -0.3 is 5.32 Å². The third kappa shape index (κ3) is 2.67. The second-order valence-corrected chi connectivity index (χ2v) is 6.62. The predicted molar refractivity (Wildman–Crippen MR) is 75.4 cm³/mol. The van der Waals surface area contributed by atoms with Crippen LogP contribution in [-0.4, -0.2) is 39.0 Å². The molecule has 2 heterocycles. The van der Waals surface area contributed by atoms with Gasteiger partial charge >= 0.3 is 0 Å². The summed E-state index contributed by atoms with van der Waals surface area (Å²) in [5.74, 6) is 0.0114. The number of carbonyl (C=O) groups is 2. The van der Waals surface area contributed by atoms with Crippen molar-refractivity contribution in [3.05, 3.63) is 5.01 Å². The van der Waals surface area contributed by atoms with Gasteiger partial charge in [0.1, 0.15) is 5.01 Å². The Kier molecular flexibility index (Phi) is 3.69. The Hall–Kier alpha value is -1.50. The molecule has 1 saturated carbocycles. The van der Waals surface area contributed by atoms with Gasteiger partial charge in [0.05, 0.1) is 0 Å². The Bertz CT molecular complexity index is 506. The molecule has 1 aromatic heterocycles. The van der Waals surface area contributed by atoms with Crippen LogP contribution in [0.15, 0.2) is 0 Å². The number of hydrogen-bond donors (Lipinski definition) is 1. The monoisotopic (exact) mass is 294 g/mol. The smallest absolute Gasteiger partial charge is 0.229 e. The minimum atomic E-state index is 0.00570. The van der Waals surface area contributed by atoms with E-state index in [4.69, 9.17) is 0 Å². The number of anilines is 1. The van der Waals surface area contributed by atoms with E-state index in [0.29, 0.717) is 18.9 Å². The molecule has 0 unspecified atom stereocenters. The lowest BCUT2D eigenvalue weighted by Gasteiger charge is -2.33. The number of aromatic nitrogens is 2. The molecule has 2 aliphatic rings. The number of amides is 2. The fraction of sp³-hybridized carbons (Fsp3) is 0.692. The van der Waals surface area contributed by atoms with Crippen LogP contribution in [0, 0.1) is 6.92 Å². The minimum Gasteiger partial charge on any atom is -0.357 e. The van der Waals surface area contributed by atoms with Gasteiger partial charge in [-0.05, 0) is 32.6 Å². The molecule has 20 heavy (non-hydrogen) atoms. The topological polar surface area (TPSA) is 75.2 Å². The molecule has 1 aliphatic carbocycles. The van der Waals surface area contributed by atoms with Crippen molar-refractivity contribution in [3.63, 3.8) is 0 Å². The van der Waals surface area contributed by atoms with E-state index in [1.54, 1.807) is 11.3 Å². The van der Waals surface area contributed by atoms with Gasteiger partial charge in [-0.25, -0.2) is 0 Å². The highest BCUT2D eigenvalue weighted by molar-refractivity contribution is 7.15. The molecule has 7 heteroatoms. The number of likely N-dealkylation sites (tertiary alicyclic amines) is 1. The van der Waals surface area contributed by atoms with Crippen molar-refractivity contribution in [1.29, 1.82) is 0 Å². The van der Waals surface area contributed by atoms with E-state index in [9.17, 15) is 9.59 Å². The van der Waals surface area contributed by atoms with Crippen LogP contribution in [0.4, 0.5) is 5.13 Å².